The predicted molar refractivity (Wildman–Crippen MR) is 108 cm³/mol. The molecule has 2 fully saturated rings. The van der Waals surface area contributed by atoms with Crippen LogP contribution in [0, 0.1) is 18.8 Å². The van der Waals surface area contributed by atoms with Gasteiger partial charge >= 0.3 is 0 Å². The molecule has 27 heavy (non-hydrogen) atoms. The Morgan fingerprint density at radius 2 is 1.96 bits per heavy atom. The van der Waals surface area contributed by atoms with E-state index in [1.165, 1.54) is 5.56 Å². The molecule has 0 saturated carbocycles. The van der Waals surface area contributed by atoms with Gasteiger partial charge in [0.05, 0.1) is 5.92 Å². The van der Waals surface area contributed by atoms with Gasteiger partial charge in [-0.05, 0) is 82.3 Å². The van der Waals surface area contributed by atoms with Crippen molar-refractivity contribution in [3.05, 3.63) is 34.9 Å². The van der Waals surface area contributed by atoms with Crippen LogP contribution >= 0.6 is 0 Å². The van der Waals surface area contributed by atoms with E-state index in [1.54, 1.807) is 0 Å². The first kappa shape index (κ1) is 19.9. The van der Waals surface area contributed by atoms with E-state index in [-0.39, 0.29) is 29.7 Å². The van der Waals surface area contributed by atoms with Crippen molar-refractivity contribution in [1.29, 1.82) is 0 Å². The summed E-state index contributed by atoms with van der Waals surface area (Å²) in [7, 11) is 2.16. The van der Waals surface area contributed by atoms with Crippen molar-refractivity contribution >= 4 is 11.8 Å². The Morgan fingerprint density at radius 3 is 2.63 bits per heavy atom. The van der Waals surface area contributed by atoms with Gasteiger partial charge in [0.2, 0.25) is 5.91 Å². The first-order valence-electron chi connectivity index (χ1n) is 10.2. The lowest BCUT2D eigenvalue weighted by Crippen LogP contribution is -2.50. The van der Waals surface area contributed by atoms with Crippen LogP contribution in [0.5, 0.6) is 0 Å². The molecule has 0 aliphatic carbocycles. The number of benzene rings is 1. The molecule has 1 aromatic carbocycles. The van der Waals surface area contributed by atoms with Gasteiger partial charge in [0, 0.05) is 18.2 Å². The molecule has 3 atom stereocenters. The molecule has 5 nitrogen and oxygen atoms in total. The highest BCUT2D eigenvalue weighted by molar-refractivity contribution is 5.96. The summed E-state index contributed by atoms with van der Waals surface area (Å²) >= 11 is 0. The predicted octanol–water partition coefficient (Wildman–Crippen LogP) is 2.69. The maximum absolute atomic E-state index is 12.8. The van der Waals surface area contributed by atoms with E-state index >= 15 is 0 Å². The van der Waals surface area contributed by atoms with Gasteiger partial charge in [-0.1, -0.05) is 19.1 Å². The number of piperidine rings is 2. The lowest BCUT2D eigenvalue weighted by atomic mass is 9.84. The molecular weight excluding hydrogens is 338 g/mol. The number of nitrogens with one attached hydrogen (secondary N) is 2. The Hall–Kier alpha value is -1.88. The van der Waals surface area contributed by atoms with E-state index < -0.39 is 0 Å². The number of carbonyl (C=O) groups excluding carboxylic acids is 2. The van der Waals surface area contributed by atoms with E-state index in [4.69, 9.17) is 0 Å². The van der Waals surface area contributed by atoms with Gasteiger partial charge in [-0.3, -0.25) is 9.59 Å². The smallest absolute Gasteiger partial charge is 0.251 e. The summed E-state index contributed by atoms with van der Waals surface area (Å²) in [6.45, 7) is 8.79. The van der Waals surface area contributed by atoms with Crippen molar-refractivity contribution in [3.63, 3.8) is 0 Å². The zero-order valence-corrected chi connectivity index (χ0v) is 17.0. The third-order valence-electron chi connectivity index (χ3n) is 6.40. The molecule has 0 bridgehead atoms. The monoisotopic (exact) mass is 371 g/mol. The summed E-state index contributed by atoms with van der Waals surface area (Å²) in [5.74, 6) is 0.641. The van der Waals surface area contributed by atoms with Gasteiger partial charge in [0.1, 0.15) is 0 Å². The van der Waals surface area contributed by atoms with Crippen LogP contribution in [0.1, 0.15) is 60.5 Å². The molecule has 2 aliphatic rings. The highest BCUT2D eigenvalue weighted by Gasteiger charge is 2.32. The Balaban J connectivity index is 1.66. The Morgan fingerprint density at radius 1 is 1.26 bits per heavy atom. The second kappa shape index (κ2) is 8.42. The van der Waals surface area contributed by atoms with Crippen LogP contribution in [0.4, 0.5) is 0 Å². The summed E-state index contributed by atoms with van der Waals surface area (Å²) in [5, 5.41) is 6.01. The molecule has 0 aromatic heterocycles. The van der Waals surface area contributed by atoms with Crippen LogP contribution in [0.15, 0.2) is 18.2 Å². The minimum Gasteiger partial charge on any atom is -0.353 e. The molecule has 5 heteroatoms. The topological polar surface area (TPSA) is 61.4 Å². The van der Waals surface area contributed by atoms with E-state index in [2.05, 4.69) is 42.5 Å². The second-order valence-electron chi connectivity index (χ2n) is 8.54. The SMILES string of the molecule is Cc1c(C(=O)NCC2C(=O)NC(C)CC2C)cccc1C1CCN(C)CC1. The van der Waals surface area contributed by atoms with E-state index in [9.17, 15) is 9.59 Å². The molecule has 148 valence electrons. The quantitative estimate of drug-likeness (QED) is 0.855. The number of hydrogen-bond donors (Lipinski definition) is 2. The van der Waals surface area contributed by atoms with Gasteiger partial charge in [-0.15, -0.1) is 0 Å². The zero-order chi connectivity index (χ0) is 19.6. The van der Waals surface area contributed by atoms with Crippen LogP contribution in [0.25, 0.3) is 0 Å². The maximum Gasteiger partial charge on any atom is 0.251 e. The molecule has 2 saturated heterocycles. The van der Waals surface area contributed by atoms with E-state index in [0.29, 0.717) is 12.5 Å². The number of likely N-dealkylation sites (tertiary alicyclic amines) is 1. The average Bonchev–Trinajstić information content (AvgIpc) is 2.61. The van der Waals surface area contributed by atoms with Gasteiger partial charge < -0.3 is 15.5 Å². The van der Waals surface area contributed by atoms with Crippen LogP contribution < -0.4 is 10.6 Å². The highest BCUT2D eigenvalue weighted by atomic mass is 16.2. The van der Waals surface area contributed by atoms with Crippen molar-refractivity contribution in [2.45, 2.75) is 52.0 Å². The van der Waals surface area contributed by atoms with Crippen molar-refractivity contribution in [3.8, 4) is 0 Å². The maximum atomic E-state index is 12.8. The van der Waals surface area contributed by atoms with Crippen molar-refractivity contribution in [2.24, 2.45) is 11.8 Å². The Kier molecular flexibility index (Phi) is 6.20. The van der Waals surface area contributed by atoms with Crippen molar-refractivity contribution < 1.29 is 9.59 Å². The molecule has 1 aromatic rings. The zero-order valence-electron chi connectivity index (χ0n) is 17.0. The standard InChI is InChI=1S/C22H33N3O2/c1-14-12-15(2)24-22(27)20(14)13-23-21(26)19-7-5-6-18(16(19)3)17-8-10-25(4)11-9-17/h5-7,14-15,17,20H,8-13H2,1-4H3,(H,23,26)(H,24,27). The normalized spacial score (nSPS) is 27.3. The van der Waals surface area contributed by atoms with E-state index in [0.717, 1.165) is 43.5 Å². The number of carbonyl (C=O) groups is 2. The first-order chi connectivity index (χ1) is 12.9. The lowest BCUT2D eigenvalue weighted by molar-refractivity contribution is -0.129. The molecule has 0 radical (unpaired) electrons. The van der Waals surface area contributed by atoms with Crippen LogP contribution in [-0.2, 0) is 4.79 Å². The fourth-order valence-electron chi connectivity index (χ4n) is 4.64. The van der Waals surface area contributed by atoms with E-state index in [1.807, 2.05) is 19.1 Å². The largest absolute Gasteiger partial charge is 0.353 e. The van der Waals surface area contributed by atoms with Crippen LogP contribution in [0.3, 0.4) is 0 Å². The Bertz CT molecular complexity index is 695. The lowest BCUT2D eigenvalue weighted by Gasteiger charge is -2.32. The molecule has 3 unspecified atom stereocenters. The van der Waals surface area contributed by atoms with Gasteiger partial charge in [0.25, 0.3) is 5.91 Å². The fourth-order valence-corrected chi connectivity index (χ4v) is 4.64. The van der Waals surface area contributed by atoms with Crippen molar-refractivity contribution in [1.82, 2.24) is 15.5 Å². The van der Waals surface area contributed by atoms with Gasteiger partial charge in [-0.25, -0.2) is 0 Å². The minimum absolute atomic E-state index is 0.0540. The van der Waals surface area contributed by atoms with Gasteiger partial charge in [0.15, 0.2) is 0 Å². The highest BCUT2D eigenvalue weighted by Crippen LogP contribution is 2.31. The third-order valence-corrected chi connectivity index (χ3v) is 6.40. The molecule has 2 aliphatic heterocycles. The molecule has 2 amide bonds. The molecule has 2 heterocycles. The molecule has 3 rings (SSSR count). The average molecular weight is 372 g/mol. The molecule has 2 N–H and O–H groups in total. The number of nitrogens with zero attached hydrogens (tertiary/aromatic N) is 1. The van der Waals surface area contributed by atoms with Crippen molar-refractivity contribution in [2.75, 3.05) is 26.7 Å². The number of amides is 2. The molecular formula is C22H33N3O2. The molecule has 0 spiro atoms. The number of hydrogen-bond acceptors (Lipinski definition) is 3. The summed E-state index contributed by atoms with van der Waals surface area (Å²) in [4.78, 5) is 27.4. The number of rotatable bonds is 4. The third kappa shape index (κ3) is 4.52. The van der Waals surface area contributed by atoms with Crippen LogP contribution in [-0.4, -0.2) is 49.4 Å². The summed E-state index contributed by atoms with van der Waals surface area (Å²) in [6, 6.07) is 6.27. The fraction of sp³-hybridized carbons (Fsp3) is 0.636. The first-order valence-corrected chi connectivity index (χ1v) is 10.2. The summed E-state index contributed by atoms with van der Waals surface area (Å²) in [5.41, 5.74) is 3.12. The summed E-state index contributed by atoms with van der Waals surface area (Å²) < 4.78 is 0. The van der Waals surface area contributed by atoms with Gasteiger partial charge in [-0.2, -0.15) is 0 Å². The Labute approximate surface area is 162 Å². The summed E-state index contributed by atoms with van der Waals surface area (Å²) in [6.07, 6.45) is 3.23. The minimum atomic E-state index is -0.150. The van der Waals surface area contributed by atoms with Crippen LogP contribution in [0.2, 0.25) is 0 Å². The second-order valence-corrected chi connectivity index (χ2v) is 8.54.